The minimum atomic E-state index is -0.444. The number of ether oxygens (including phenoxy) is 3. The second-order valence-corrected chi connectivity index (χ2v) is 4.94. The zero-order valence-corrected chi connectivity index (χ0v) is 11.2. The molecule has 2 unspecified atom stereocenters. The molecule has 102 valence electrons. The van der Waals surface area contributed by atoms with Crippen LogP contribution in [-0.4, -0.2) is 51.3 Å². The molecular formula is C12H26N2O3. The van der Waals surface area contributed by atoms with Crippen molar-refractivity contribution in [3.63, 3.8) is 0 Å². The van der Waals surface area contributed by atoms with E-state index in [0.29, 0.717) is 19.3 Å². The molecule has 5 heteroatoms. The van der Waals surface area contributed by atoms with Gasteiger partial charge in [0.15, 0.2) is 5.79 Å². The summed E-state index contributed by atoms with van der Waals surface area (Å²) in [5, 5.41) is 3.45. The predicted octanol–water partition coefficient (Wildman–Crippen LogP) is 0.481. The fourth-order valence-electron chi connectivity index (χ4n) is 1.97. The zero-order valence-electron chi connectivity index (χ0n) is 11.2. The number of nitrogens with one attached hydrogen (secondary N) is 1. The van der Waals surface area contributed by atoms with Crippen molar-refractivity contribution >= 4 is 0 Å². The Balaban J connectivity index is 2.22. The van der Waals surface area contributed by atoms with E-state index in [1.165, 1.54) is 0 Å². The normalized spacial score (nSPS) is 25.1. The Morgan fingerprint density at radius 3 is 2.82 bits per heavy atom. The molecule has 0 saturated carbocycles. The standard InChI is InChI=1S/C12H26N2O3/c1-12(2)16-9-11(17-12)7-14-10(8-15-3)5-4-6-13/h10-11,14H,4-9,13H2,1-3H3. The van der Waals surface area contributed by atoms with Gasteiger partial charge in [0, 0.05) is 19.7 Å². The van der Waals surface area contributed by atoms with E-state index >= 15 is 0 Å². The van der Waals surface area contributed by atoms with Crippen LogP contribution in [0.3, 0.4) is 0 Å². The molecule has 1 saturated heterocycles. The van der Waals surface area contributed by atoms with Crippen molar-refractivity contribution in [2.75, 3.05) is 33.4 Å². The van der Waals surface area contributed by atoms with Gasteiger partial charge in [-0.3, -0.25) is 0 Å². The third kappa shape index (κ3) is 5.79. The van der Waals surface area contributed by atoms with Crippen LogP contribution in [0.5, 0.6) is 0 Å². The molecule has 0 amide bonds. The summed E-state index contributed by atoms with van der Waals surface area (Å²) >= 11 is 0. The number of rotatable bonds is 8. The van der Waals surface area contributed by atoms with E-state index in [1.54, 1.807) is 7.11 Å². The molecule has 2 atom stereocenters. The fourth-order valence-corrected chi connectivity index (χ4v) is 1.97. The summed E-state index contributed by atoms with van der Waals surface area (Å²) in [4.78, 5) is 0. The van der Waals surface area contributed by atoms with Gasteiger partial charge in [-0.05, 0) is 33.2 Å². The maximum Gasteiger partial charge on any atom is 0.163 e. The second kappa shape index (κ2) is 7.28. The van der Waals surface area contributed by atoms with Crippen LogP contribution in [0.25, 0.3) is 0 Å². The van der Waals surface area contributed by atoms with Gasteiger partial charge in [0.1, 0.15) is 0 Å². The number of hydrogen-bond donors (Lipinski definition) is 2. The summed E-state index contributed by atoms with van der Waals surface area (Å²) < 4.78 is 16.4. The average molecular weight is 246 g/mol. The van der Waals surface area contributed by atoms with Crippen LogP contribution in [-0.2, 0) is 14.2 Å². The molecule has 1 fully saturated rings. The van der Waals surface area contributed by atoms with E-state index in [1.807, 2.05) is 13.8 Å². The molecule has 0 aromatic carbocycles. The number of hydrogen-bond acceptors (Lipinski definition) is 5. The number of nitrogens with two attached hydrogens (primary N) is 1. The van der Waals surface area contributed by atoms with Crippen LogP contribution < -0.4 is 11.1 Å². The molecule has 17 heavy (non-hydrogen) atoms. The van der Waals surface area contributed by atoms with Gasteiger partial charge < -0.3 is 25.3 Å². The Labute approximate surface area is 104 Å². The van der Waals surface area contributed by atoms with Crippen molar-refractivity contribution < 1.29 is 14.2 Å². The highest BCUT2D eigenvalue weighted by Gasteiger charge is 2.32. The molecule has 1 aliphatic heterocycles. The summed E-state index contributed by atoms with van der Waals surface area (Å²) in [6.45, 7) is 6.75. The SMILES string of the molecule is COCC(CCCN)NCC1COC(C)(C)O1. The van der Waals surface area contributed by atoms with Gasteiger partial charge in [-0.15, -0.1) is 0 Å². The van der Waals surface area contributed by atoms with Gasteiger partial charge in [-0.1, -0.05) is 0 Å². The molecule has 5 nitrogen and oxygen atoms in total. The van der Waals surface area contributed by atoms with Crippen LogP contribution in [0.15, 0.2) is 0 Å². The third-order valence-electron chi connectivity index (χ3n) is 2.83. The van der Waals surface area contributed by atoms with Gasteiger partial charge in [0.25, 0.3) is 0 Å². The Hall–Kier alpha value is -0.200. The van der Waals surface area contributed by atoms with Gasteiger partial charge in [0.2, 0.25) is 0 Å². The van der Waals surface area contributed by atoms with Crippen molar-refractivity contribution in [3.8, 4) is 0 Å². The third-order valence-corrected chi connectivity index (χ3v) is 2.83. The zero-order chi connectivity index (χ0) is 12.7. The molecule has 1 aliphatic rings. The lowest BCUT2D eigenvalue weighted by atomic mass is 10.1. The quantitative estimate of drug-likeness (QED) is 0.652. The highest BCUT2D eigenvalue weighted by atomic mass is 16.7. The Morgan fingerprint density at radius 2 is 2.29 bits per heavy atom. The maximum absolute atomic E-state index is 5.73. The van der Waals surface area contributed by atoms with Crippen molar-refractivity contribution in [1.29, 1.82) is 0 Å². The lowest BCUT2D eigenvalue weighted by Gasteiger charge is -2.21. The fraction of sp³-hybridized carbons (Fsp3) is 1.00. The monoisotopic (exact) mass is 246 g/mol. The highest BCUT2D eigenvalue weighted by molar-refractivity contribution is 4.75. The van der Waals surface area contributed by atoms with E-state index in [4.69, 9.17) is 19.9 Å². The Bertz CT molecular complexity index is 212. The van der Waals surface area contributed by atoms with Crippen molar-refractivity contribution in [3.05, 3.63) is 0 Å². The largest absolute Gasteiger partial charge is 0.383 e. The van der Waals surface area contributed by atoms with Crippen LogP contribution >= 0.6 is 0 Å². The smallest absolute Gasteiger partial charge is 0.163 e. The molecule has 3 N–H and O–H groups in total. The molecule has 0 aromatic rings. The van der Waals surface area contributed by atoms with Crippen LogP contribution in [0.4, 0.5) is 0 Å². The van der Waals surface area contributed by atoms with Crippen LogP contribution in [0.1, 0.15) is 26.7 Å². The Morgan fingerprint density at radius 1 is 1.53 bits per heavy atom. The van der Waals surface area contributed by atoms with E-state index in [0.717, 1.165) is 25.9 Å². The first-order valence-corrected chi connectivity index (χ1v) is 6.31. The van der Waals surface area contributed by atoms with E-state index in [2.05, 4.69) is 5.32 Å². The molecule has 0 spiro atoms. The first kappa shape index (κ1) is 14.9. The van der Waals surface area contributed by atoms with Crippen molar-refractivity contribution in [2.45, 2.75) is 44.6 Å². The van der Waals surface area contributed by atoms with Gasteiger partial charge in [0.05, 0.1) is 19.3 Å². The molecule has 0 bridgehead atoms. The summed E-state index contributed by atoms with van der Waals surface area (Å²) in [7, 11) is 1.72. The average Bonchev–Trinajstić information content (AvgIpc) is 2.62. The molecule has 0 radical (unpaired) electrons. The maximum atomic E-state index is 5.73. The van der Waals surface area contributed by atoms with Crippen LogP contribution in [0.2, 0.25) is 0 Å². The first-order valence-electron chi connectivity index (χ1n) is 6.31. The predicted molar refractivity (Wildman–Crippen MR) is 66.9 cm³/mol. The van der Waals surface area contributed by atoms with Gasteiger partial charge in [-0.2, -0.15) is 0 Å². The molecule has 0 aromatic heterocycles. The highest BCUT2D eigenvalue weighted by Crippen LogP contribution is 2.21. The lowest BCUT2D eigenvalue weighted by molar-refractivity contribution is -0.138. The second-order valence-electron chi connectivity index (χ2n) is 4.94. The van der Waals surface area contributed by atoms with Crippen molar-refractivity contribution in [1.82, 2.24) is 5.32 Å². The minimum absolute atomic E-state index is 0.127. The molecule has 1 rings (SSSR count). The number of methoxy groups -OCH3 is 1. The summed E-state index contributed by atoms with van der Waals surface area (Å²) in [6, 6.07) is 0.343. The summed E-state index contributed by atoms with van der Waals surface area (Å²) in [6.07, 6.45) is 2.16. The van der Waals surface area contributed by atoms with Crippen molar-refractivity contribution in [2.24, 2.45) is 5.73 Å². The topological polar surface area (TPSA) is 65.7 Å². The van der Waals surface area contributed by atoms with E-state index in [9.17, 15) is 0 Å². The van der Waals surface area contributed by atoms with E-state index < -0.39 is 5.79 Å². The minimum Gasteiger partial charge on any atom is -0.383 e. The molecule has 1 heterocycles. The molecule has 0 aliphatic carbocycles. The van der Waals surface area contributed by atoms with Crippen LogP contribution in [0, 0.1) is 0 Å². The summed E-state index contributed by atoms with van der Waals surface area (Å²) in [5.41, 5.74) is 5.51. The molecular weight excluding hydrogens is 220 g/mol. The van der Waals surface area contributed by atoms with E-state index in [-0.39, 0.29) is 6.10 Å². The lowest BCUT2D eigenvalue weighted by Crippen LogP contribution is -2.40. The van der Waals surface area contributed by atoms with Gasteiger partial charge in [-0.25, -0.2) is 0 Å². The summed E-state index contributed by atoms with van der Waals surface area (Å²) in [5.74, 6) is -0.444. The first-order chi connectivity index (χ1) is 8.07. The Kier molecular flexibility index (Phi) is 6.37. The van der Waals surface area contributed by atoms with Gasteiger partial charge >= 0.3 is 0 Å².